The molecule has 1 amide bonds. The highest BCUT2D eigenvalue weighted by atomic mass is 32.1. The largest absolute Gasteiger partial charge is 0.469 e. The molecule has 92 valence electrons. The molecule has 2 heterocycles. The second-order valence-electron chi connectivity index (χ2n) is 4.11. The van der Waals surface area contributed by atoms with E-state index in [9.17, 15) is 9.59 Å². The van der Waals surface area contributed by atoms with E-state index >= 15 is 0 Å². The maximum Gasteiger partial charge on any atom is 0.310 e. The Morgan fingerprint density at radius 3 is 2.88 bits per heavy atom. The molecule has 0 bridgehead atoms. The number of methoxy groups -OCH3 is 1. The molecule has 1 fully saturated rings. The first-order chi connectivity index (χ1) is 8.13. The van der Waals surface area contributed by atoms with Gasteiger partial charge in [-0.05, 0) is 5.92 Å². The fourth-order valence-corrected chi connectivity index (χ4v) is 2.42. The number of ether oxygens (including phenoxy) is 1. The van der Waals surface area contributed by atoms with Gasteiger partial charge in [0.15, 0.2) is 5.69 Å². The predicted molar refractivity (Wildman–Crippen MR) is 60.5 cm³/mol. The summed E-state index contributed by atoms with van der Waals surface area (Å²) in [6, 6.07) is 0. The van der Waals surface area contributed by atoms with Crippen LogP contribution < -0.4 is 0 Å². The van der Waals surface area contributed by atoms with E-state index in [1.165, 1.54) is 13.3 Å². The minimum Gasteiger partial charge on any atom is -0.469 e. The Hall–Kier alpha value is -1.50. The van der Waals surface area contributed by atoms with Gasteiger partial charge < -0.3 is 9.64 Å². The van der Waals surface area contributed by atoms with Gasteiger partial charge in [0.25, 0.3) is 5.91 Å². The highest BCUT2D eigenvalue weighted by Crippen LogP contribution is 2.25. The van der Waals surface area contributed by atoms with Crippen LogP contribution in [-0.4, -0.2) is 45.7 Å². The van der Waals surface area contributed by atoms with E-state index in [-0.39, 0.29) is 23.7 Å². The van der Waals surface area contributed by atoms with Crippen molar-refractivity contribution in [3.8, 4) is 0 Å². The Balaban J connectivity index is 2.06. The van der Waals surface area contributed by atoms with Crippen molar-refractivity contribution in [2.45, 2.75) is 6.92 Å². The summed E-state index contributed by atoms with van der Waals surface area (Å²) in [5.74, 6) is -0.560. The van der Waals surface area contributed by atoms with Crippen LogP contribution in [0.25, 0.3) is 0 Å². The molecule has 0 saturated carbocycles. The summed E-state index contributed by atoms with van der Waals surface area (Å²) in [4.78, 5) is 25.1. The molecule has 0 aromatic carbocycles. The predicted octanol–water partition coefficient (Wildman–Crippen LogP) is 0.419. The third kappa shape index (κ3) is 2.28. The average Bonchev–Trinajstić information content (AvgIpc) is 2.96. The molecule has 2 atom stereocenters. The zero-order valence-electron chi connectivity index (χ0n) is 9.62. The topological polar surface area (TPSA) is 72.4 Å². The highest BCUT2D eigenvalue weighted by molar-refractivity contribution is 6.99. The molecule has 17 heavy (non-hydrogen) atoms. The van der Waals surface area contributed by atoms with E-state index in [1.807, 2.05) is 6.92 Å². The van der Waals surface area contributed by atoms with Crippen molar-refractivity contribution in [3.63, 3.8) is 0 Å². The molecule has 0 N–H and O–H groups in total. The van der Waals surface area contributed by atoms with Crippen molar-refractivity contribution in [1.82, 2.24) is 13.6 Å². The summed E-state index contributed by atoms with van der Waals surface area (Å²) >= 11 is 1.000. The quantitative estimate of drug-likeness (QED) is 0.716. The van der Waals surface area contributed by atoms with Crippen molar-refractivity contribution in [3.05, 3.63) is 11.9 Å². The van der Waals surface area contributed by atoms with Gasteiger partial charge in [0.1, 0.15) is 0 Å². The van der Waals surface area contributed by atoms with Gasteiger partial charge in [-0.25, -0.2) is 0 Å². The van der Waals surface area contributed by atoms with Crippen molar-refractivity contribution < 1.29 is 14.3 Å². The molecular weight excluding hydrogens is 242 g/mol. The molecule has 1 saturated heterocycles. The van der Waals surface area contributed by atoms with Crippen LogP contribution >= 0.6 is 11.7 Å². The summed E-state index contributed by atoms with van der Waals surface area (Å²) in [5, 5.41) is 0. The summed E-state index contributed by atoms with van der Waals surface area (Å²) in [5.41, 5.74) is 0.340. The number of aromatic nitrogens is 2. The maximum absolute atomic E-state index is 12.0. The lowest BCUT2D eigenvalue weighted by Crippen LogP contribution is -2.30. The fraction of sp³-hybridized carbons (Fsp3) is 0.600. The number of nitrogens with zero attached hydrogens (tertiary/aromatic N) is 3. The van der Waals surface area contributed by atoms with Crippen LogP contribution in [-0.2, 0) is 9.53 Å². The van der Waals surface area contributed by atoms with E-state index in [0.29, 0.717) is 18.8 Å². The Kier molecular flexibility index (Phi) is 3.37. The second-order valence-corrected chi connectivity index (χ2v) is 4.67. The van der Waals surface area contributed by atoms with Crippen molar-refractivity contribution >= 4 is 23.6 Å². The van der Waals surface area contributed by atoms with Crippen LogP contribution in [0.2, 0.25) is 0 Å². The second kappa shape index (κ2) is 4.79. The van der Waals surface area contributed by atoms with Crippen molar-refractivity contribution in [1.29, 1.82) is 0 Å². The summed E-state index contributed by atoms with van der Waals surface area (Å²) in [6.07, 6.45) is 1.45. The van der Waals surface area contributed by atoms with E-state index in [4.69, 9.17) is 4.74 Å². The first-order valence-corrected chi connectivity index (χ1v) is 6.01. The summed E-state index contributed by atoms with van der Waals surface area (Å²) in [7, 11) is 1.36. The van der Waals surface area contributed by atoms with Gasteiger partial charge >= 0.3 is 5.97 Å². The third-order valence-corrected chi connectivity index (χ3v) is 3.46. The SMILES string of the molecule is COC(=O)C1CN(C(=O)c2cnsn2)CC1C. The van der Waals surface area contributed by atoms with Gasteiger partial charge in [0, 0.05) is 13.1 Å². The Morgan fingerprint density at radius 1 is 1.53 bits per heavy atom. The van der Waals surface area contributed by atoms with Gasteiger partial charge in [-0.1, -0.05) is 6.92 Å². The smallest absolute Gasteiger partial charge is 0.310 e. The number of hydrogen-bond donors (Lipinski definition) is 0. The minimum absolute atomic E-state index is 0.109. The molecule has 0 spiro atoms. The monoisotopic (exact) mass is 255 g/mol. The van der Waals surface area contributed by atoms with Crippen LogP contribution in [0.15, 0.2) is 6.20 Å². The molecular formula is C10H13N3O3S. The average molecular weight is 255 g/mol. The van der Waals surface area contributed by atoms with Crippen molar-refractivity contribution in [2.75, 3.05) is 20.2 Å². The molecule has 1 aromatic heterocycles. The number of amides is 1. The standard InChI is InChI=1S/C10H13N3O3S/c1-6-4-13(5-7(6)10(15)16-2)9(14)8-3-11-17-12-8/h3,6-7H,4-5H2,1-2H3. The first kappa shape index (κ1) is 12.0. The van der Waals surface area contributed by atoms with Gasteiger partial charge in [-0.3, -0.25) is 9.59 Å². The van der Waals surface area contributed by atoms with Crippen LogP contribution in [0.5, 0.6) is 0 Å². The highest BCUT2D eigenvalue weighted by Gasteiger charge is 2.38. The maximum atomic E-state index is 12.0. The van der Waals surface area contributed by atoms with Crippen LogP contribution in [0.4, 0.5) is 0 Å². The van der Waals surface area contributed by atoms with E-state index in [0.717, 1.165) is 11.7 Å². The zero-order chi connectivity index (χ0) is 12.4. The minimum atomic E-state index is -0.260. The van der Waals surface area contributed by atoms with E-state index in [1.54, 1.807) is 4.90 Å². The number of carbonyl (C=O) groups is 2. The first-order valence-electron chi connectivity index (χ1n) is 5.28. The fourth-order valence-electron chi connectivity index (χ4n) is 2.01. The molecule has 1 aliphatic rings. The molecule has 2 unspecified atom stereocenters. The molecule has 6 nitrogen and oxygen atoms in total. The molecule has 1 aliphatic heterocycles. The van der Waals surface area contributed by atoms with Crippen LogP contribution in [0.3, 0.4) is 0 Å². The van der Waals surface area contributed by atoms with Gasteiger partial charge in [0.2, 0.25) is 0 Å². The van der Waals surface area contributed by atoms with Crippen LogP contribution in [0, 0.1) is 11.8 Å². The molecule has 0 aliphatic carbocycles. The Bertz CT molecular complexity index is 420. The molecule has 2 rings (SSSR count). The van der Waals surface area contributed by atoms with Gasteiger partial charge in [-0.15, -0.1) is 0 Å². The van der Waals surface area contributed by atoms with E-state index in [2.05, 4.69) is 8.75 Å². The lowest BCUT2D eigenvalue weighted by molar-refractivity contribution is -0.146. The number of hydrogen-bond acceptors (Lipinski definition) is 6. The normalized spacial score (nSPS) is 23.8. The molecule has 0 radical (unpaired) electrons. The number of rotatable bonds is 2. The number of carbonyl (C=O) groups excluding carboxylic acids is 2. The summed E-state index contributed by atoms with van der Waals surface area (Å²) in [6.45, 7) is 2.88. The Labute approximate surface area is 103 Å². The summed E-state index contributed by atoms with van der Waals surface area (Å²) < 4.78 is 12.4. The Morgan fingerprint density at radius 2 is 2.29 bits per heavy atom. The van der Waals surface area contributed by atoms with Crippen LogP contribution in [0.1, 0.15) is 17.4 Å². The van der Waals surface area contributed by atoms with Gasteiger partial charge in [0.05, 0.1) is 31.0 Å². The number of likely N-dealkylation sites (tertiary alicyclic amines) is 1. The lowest BCUT2D eigenvalue weighted by Gasteiger charge is -2.13. The van der Waals surface area contributed by atoms with Crippen molar-refractivity contribution in [2.24, 2.45) is 11.8 Å². The molecule has 7 heteroatoms. The van der Waals surface area contributed by atoms with Gasteiger partial charge in [-0.2, -0.15) is 8.75 Å². The molecule has 1 aromatic rings. The van der Waals surface area contributed by atoms with E-state index < -0.39 is 0 Å². The lowest BCUT2D eigenvalue weighted by atomic mass is 9.99. The zero-order valence-corrected chi connectivity index (χ0v) is 10.4. The third-order valence-electron chi connectivity index (χ3n) is 2.98. The number of esters is 1.